The van der Waals surface area contributed by atoms with Crippen molar-refractivity contribution in [1.82, 2.24) is 0 Å². The Bertz CT molecular complexity index is 381. The Balaban J connectivity index is 3.18. The van der Waals surface area contributed by atoms with Gasteiger partial charge in [-0.25, -0.2) is 0 Å². The van der Waals surface area contributed by atoms with Gasteiger partial charge in [-0.3, -0.25) is 0 Å². The first-order valence-electron chi connectivity index (χ1n) is 9.46. The van der Waals surface area contributed by atoms with Gasteiger partial charge in [-0.2, -0.15) is 0 Å². The van der Waals surface area contributed by atoms with Gasteiger partial charge in [0.25, 0.3) is 0 Å². The average Bonchev–Trinajstić information content (AvgIpc) is 2.56. The van der Waals surface area contributed by atoms with Gasteiger partial charge in [0.05, 0.1) is 0 Å². The van der Waals surface area contributed by atoms with E-state index in [1.807, 2.05) is 3.58 Å². The zero-order chi connectivity index (χ0) is 16.3. The molecular formula is C20H36SSn. The number of rotatable bonds is 12. The van der Waals surface area contributed by atoms with Crippen LogP contribution < -0.4 is 3.58 Å². The molecule has 0 atom stereocenters. The number of hydrogen-bond donors (Lipinski definition) is 0. The molecule has 0 heterocycles. The van der Waals surface area contributed by atoms with Gasteiger partial charge in [-0.15, -0.1) is 0 Å². The first kappa shape index (κ1) is 20.4. The summed E-state index contributed by atoms with van der Waals surface area (Å²) >= 11 is -0.154. The molecule has 0 aliphatic heterocycles. The van der Waals surface area contributed by atoms with Gasteiger partial charge in [0.2, 0.25) is 0 Å². The molecule has 0 aromatic heterocycles. The fraction of sp³-hybridized carbons (Fsp3) is 0.700. The van der Waals surface area contributed by atoms with Crippen LogP contribution in [0.25, 0.3) is 0 Å². The van der Waals surface area contributed by atoms with Crippen molar-refractivity contribution >= 4 is 33.7 Å². The van der Waals surface area contributed by atoms with Gasteiger partial charge >= 0.3 is 148 Å². The van der Waals surface area contributed by atoms with Crippen molar-refractivity contribution in [2.45, 2.75) is 84.4 Å². The quantitative estimate of drug-likeness (QED) is 0.260. The molecule has 0 N–H and O–H groups in total. The molecule has 0 aliphatic rings. The first-order chi connectivity index (χ1) is 10.7. The summed E-state index contributed by atoms with van der Waals surface area (Å²) in [6.45, 7) is 9.39. The second-order valence-corrected chi connectivity index (χ2v) is 21.0. The fourth-order valence-corrected chi connectivity index (χ4v) is 22.6. The van der Waals surface area contributed by atoms with Crippen LogP contribution in [0, 0.1) is 0 Å². The molecule has 0 unspecified atom stereocenters. The summed E-state index contributed by atoms with van der Waals surface area (Å²) in [5, 5.41) is 0. The molecule has 0 fully saturated rings. The van der Waals surface area contributed by atoms with Gasteiger partial charge in [-0.05, 0) is 0 Å². The molecule has 0 aliphatic carbocycles. The minimum atomic E-state index is -2.24. The van der Waals surface area contributed by atoms with E-state index < -0.39 is 18.4 Å². The Labute approximate surface area is 147 Å². The third-order valence-electron chi connectivity index (χ3n) is 4.78. The molecule has 2 heteroatoms. The van der Waals surface area contributed by atoms with Crippen molar-refractivity contribution in [2.24, 2.45) is 0 Å². The van der Waals surface area contributed by atoms with Crippen molar-refractivity contribution in [3.63, 3.8) is 0 Å². The van der Waals surface area contributed by atoms with Crippen LogP contribution in [0.15, 0.2) is 29.2 Å². The van der Waals surface area contributed by atoms with Crippen LogP contribution in [-0.2, 0) is 0 Å². The molecule has 0 saturated carbocycles. The van der Waals surface area contributed by atoms with E-state index in [0.29, 0.717) is 0 Å². The zero-order valence-electron chi connectivity index (χ0n) is 15.3. The topological polar surface area (TPSA) is 0 Å². The summed E-state index contributed by atoms with van der Waals surface area (Å²) in [6.07, 6.45) is 8.44. The van der Waals surface area contributed by atoms with Crippen LogP contribution in [0.4, 0.5) is 0 Å². The fourth-order valence-electron chi connectivity index (χ4n) is 3.51. The second-order valence-electron chi connectivity index (χ2n) is 6.52. The Kier molecular flexibility index (Phi) is 11.0. The van der Waals surface area contributed by atoms with Gasteiger partial charge in [0.15, 0.2) is 0 Å². The van der Waals surface area contributed by atoms with Crippen LogP contribution in [-0.4, -0.2) is 24.1 Å². The van der Waals surface area contributed by atoms with Crippen LogP contribution in [0.2, 0.25) is 13.3 Å². The second kappa shape index (κ2) is 11.8. The van der Waals surface area contributed by atoms with E-state index in [1.165, 1.54) is 44.3 Å². The summed E-state index contributed by atoms with van der Waals surface area (Å²) in [4.78, 5) is 1.63. The third-order valence-corrected chi connectivity index (χ3v) is 22.0. The monoisotopic (exact) mass is 428 g/mol. The van der Waals surface area contributed by atoms with Crippen molar-refractivity contribution < 1.29 is 0 Å². The van der Waals surface area contributed by atoms with E-state index in [0.717, 1.165) is 0 Å². The molecule has 0 bridgehead atoms. The zero-order valence-corrected chi connectivity index (χ0v) is 19.0. The Morgan fingerprint density at radius 3 is 1.73 bits per heavy atom. The Morgan fingerprint density at radius 2 is 1.27 bits per heavy atom. The van der Waals surface area contributed by atoms with E-state index in [-0.39, 0.29) is 0 Å². The standard InChI is InChI=1S/C8H9S.3C4H9.Sn/c1-2-9-8-6-4-3-5-7-8;3*1-3-4-2;/h3-6H,2H2,1H3;3*1,3-4H2,2H3;. The Hall–Kier alpha value is 0.369. The summed E-state index contributed by atoms with van der Waals surface area (Å²) in [7, 11) is 0. The molecule has 1 rings (SSSR count). The number of unbranched alkanes of at least 4 members (excludes halogenated alkanes) is 3. The van der Waals surface area contributed by atoms with Crippen LogP contribution >= 0.6 is 11.8 Å². The predicted molar refractivity (Wildman–Crippen MR) is 107 cm³/mol. The summed E-state index contributed by atoms with van der Waals surface area (Å²) in [5.74, 6) is 1.20. The van der Waals surface area contributed by atoms with Crippen molar-refractivity contribution in [1.29, 1.82) is 0 Å². The van der Waals surface area contributed by atoms with Gasteiger partial charge in [0.1, 0.15) is 0 Å². The normalized spacial score (nSPS) is 11.8. The van der Waals surface area contributed by atoms with Gasteiger partial charge in [0, 0.05) is 0 Å². The molecule has 1 aromatic carbocycles. The van der Waals surface area contributed by atoms with Crippen molar-refractivity contribution in [3.8, 4) is 0 Å². The van der Waals surface area contributed by atoms with Crippen LogP contribution in [0.3, 0.4) is 0 Å². The SMILES string of the molecule is CCC[CH2][Sn]([CH2]CCC)([CH2]CCC)[c]1ccccc1SCC. The molecular weight excluding hydrogens is 391 g/mol. The molecule has 0 saturated heterocycles. The average molecular weight is 427 g/mol. The van der Waals surface area contributed by atoms with Gasteiger partial charge in [-0.1, -0.05) is 0 Å². The van der Waals surface area contributed by atoms with Crippen LogP contribution in [0.5, 0.6) is 0 Å². The van der Waals surface area contributed by atoms with Crippen molar-refractivity contribution in [3.05, 3.63) is 24.3 Å². The summed E-state index contributed by atoms with van der Waals surface area (Å²) < 4.78 is 6.59. The molecule has 22 heavy (non-hydrogen) atoms. The minimum absolute atomic E-state index is 1.20. The maximum atomic E-state index is 2.52. The maximum absolute atomic E-state index is 2.52. The van der Waals surface area contributed by atoms with E-state index in [9.17, 15) is 0 Å². The number of benzene rings is 1. The molecule has 1 aromatic rings. The third kappa shape index (κ3) is 6.11. The van der Waals surface area contributed by atoms with E-state index >= 15 is 0 Å². The van der Waals surface area contributed by atoms with E-state index in [1.54, 1.807) is 18.2 Å². The van der Waals surface area contributed by atoms with Crippen molar-refractivity contribution in [2.75, 3.05) is 5.75 Å². The van der Waals surface area contributed by atoms with E-state index in [4.69, 9.17) is 0 Å². The van der Waals surface area contributed by atoms with E-state index in [2.05, 4.69) is 63.7 Å². The molecule has 0 radical (unpaired) electrons. The number of hydrogen-bond acceptors (Lipinski definition) is 1. The number of thioether (sulfide) groups is 1. The predicted octanol–water partition coefficient (Wildman–Crippen LogP) is 6.85. The molecule has 0 amide bonds. The molecule has 0 spiro atoms. The Morgan fingerprint density at radius 1 is 0.773 bits per heavy atom. The summed E-state index contributed by atoms with van der Waals surface area (Å²) in [6, 6.07) is 9.48. The summed E-state index contributed by atoms with van der Waals surface area (Å²) in [5.41, 5.74) is 0. The molecule has 0 nitrogen and oxygen atoms in total. The van der Waals surface area contributed by atoms with Crippen LogP contribution in [0.1, 0.15) is 66.2 Å². The molecule has 126 valence electrons. The van der Waals surface area contributed by atoms with Gasteiger partial charge < -0.3 is 0 Å². The first-order valence-corrected chi connectivity index (χ1v) is 17.9.